The molecule has 2 aromatic rings. The van der Waals surface area contributed by atoms with E-state index in [4.69, 9.17) is 16.3 Å². The summed E-state index contributed by atoms with van der Waals surface area (Å²) in [5, 5.41) is 21.1. The Morgan fingerprint density at radius 2 is 1.93 bits per heavy atom. The molecule has 152 valence electrons. The molecule has 1 aliphatic heterocycles. The lowest BCUT2D eigenvalue weighted by Gasteiger charge is -2.28. The summed E-state index contributed by atoms with van der Waals surface area (Å²) in [6.07, 6.45) is 0.127. The number of carbonyl (C=O) groups is 2. The van der Waals surface area contributed by atoms with Crippen molar-refractivity contribution >= 4 is 29.0 Å². The Labute approximate surface area is 174 Å². The van der Waals surface area contributed by atoms with Gasteiger partial charge in [-0.05, 0) is 49.2 Å². The first-order chi connectivity index (χ1) is 13.8. The molecule has 0 radical (unpaired) electrons. The highest BCUT2D eigenvalue weighted by Crippen LogP contribution is 2.44. The molecular weight excluding hydrogens is 394 g/mol. The number of benzene rings is 2. The van der Waals surface area contributed by atoms with Gasteiger partial charge in [-0.1, -0.05) is 30.7 Å². The lowest BCUT2D eigenvalue weighted by molar-refractivity contribution is -0.118. The summed E-state index contributed by atoms with van der Waals surface area (Å²) in [6.45, 7) is 5.55. The van der Waals surface area contributed by atoms with E-state index < -0.39 is 17.7 Å². The number of hydrogen-bond acceptors (Lipinski definition) is 5. The summed E-state index contributed by atoms with van der Waals surface area (Å²) in [6, 6.07) is 8.87. The van der Waals surface area contributed by atoms with Crippen LogP contribution in [0.5, 0.6) is 11.5 Å². The number of ether oxygens (including phenoxy) is 1. The van der Waals surface area contributed by atoms with E-state index in [9.17, 15) is 19.8 Å². The number of phenolic OH excluding ortho intramolecular Hbond substituents is 1. The Kier molecular flexibility index (Phi) is 5.84. The third-order valence-electron chi connectivity index (χ3n) is 4.93. The molecule has 6 nitrogen and oxygen atoms in total. The van der Waals surface area contributed by atoms with Crippen LogP contribution in [0.3, 0.4) is 0 Å². The van der Waals surface area contributed by atoms with Crippen molar-refractivity contribution in [3.63, 3.8) is 0 Å². The van der Waals surface area contributed by atoms with E-state index in [1.807, 2.05) is 0 Å². The second kappa shape index (κ2) is 8.17. The van der Waals surface area contributed by atoms with Gasteiger partial charge in [0.2, 0.25) is 0 Å². The van der Waals surface area contributed by atoms with E-state index in [0.29, 0.717) is 28.4 Å². The first-order valence-electron chi connectivity index (χ1n) is 9.32. The SMILES string of the molecule is CCOc1cc(C2C(C(=O)CC)=C(O)C(=O)N2c2cccc(Cl)c2C)ccc1O. The van der Waals surface area contributed by atoms with Gasteiger partial charge in [0.25, 0.3) is 5.91 Å². The highest BCUT2D eigenvalue weighted by molar-refractivity contribution is 6.32. The van der Waals surface area contributed by atoms with Crippen molar-refractivity contribution in [3.8, 4) is 11.5 Å². The average molecular weight is 416 g/mol. The summed E-state index contributed by atoms with van der Waals surface area (Å²) in [5.41, 5.74) is 1.68. The van der Waals surface area contributed by atoms with E-state index in [-0.39, 0.29) is 29.3 Å². The van der Waals surface area contributed by atoms with Gasteiger partial charge in [-0.25, -0.2) is 0 Å². The fraction of sp³-hybridized carbons (Fsp3) is 0.273. The fourth-order valence-electron chi connectivity index (χ4n) is 3.47. The number of halogens is 1. The summed E-state index contributed by atoms with van der Waals surface area (Å²) in [5.74, 6) is -1.42. The number of aromatic hydroxyl groups is 1. The van der Waals surface area contributed by atoms with Crippen LogP contribution in [0.2, 0.25) is 5.02 Å². The maximum atomic E-state index is 13.0. The molecule has 1 aliphatic rings. The molecule has 2 N–H and O–H groups in total. The fourth-order valence-corrected chi connectivity index (χ4v) is 3.64. The molecule has 0 aromatic heterocycles. The molecule has 0 spiro atoms. The van der Waals surface area contributed by atoms with Crippen molar-refractivity contribution in [2.75, 3.05) is 11.5 Å². The zero-order valence-electron chi connectivity index (χ0n) is 16.4. The van der Waals surface area contributed by atoms with Gasteiger partial charge in [0.1, 0.15) is 0 Å². The van der Waals surface area contributed by atoms with Crippen LogP contribution in [0.4, 0.5) is 5.69 Å². The van der Waals surface area contributed by atoms with Gasteiger partial charge in [0.05, 0.1) is 18.2 Å². The normalized spacial score (nSPS) is 16.5. The number of anilines is 1. The summed E-state index contributed by atoms with van der Waals surface area (Å²) < 4.78 is 5.46. The quantitative estimate of drug-likeness (QED) is 0.718. The second-order valence-corrected chi connectivity index (χ2v) is 7.07. The van der Waals surface area contributed by atoms with Gasteiger partial charge in [-0.2, -0.15) is 0 Å². The third kappa shape index (κ3) is 3.56. The highest BCUT2D eigenvalue weighted by Gasteiger charge is 2.44. The smallest absolute Gasteiger partial charge is 0.294 e. The maximum absolute atomic E-state index is 13.0. The number of phenols is 1. The molecule has 2 aromatic carbocycles. The molecule has 1 unspecified atom stereocenters. The number of nitrogens with zero attached hydrogens (tertiary/aromatic N) is 1. The number of aliphatic hydroxyl groups excluding tert-OH is 1. The Morgan fingerprint density at radius 3 is 2.59 bits per heavy atom. The molecule has 29 heavy (non-hydrogen) atoms. The largest absolute Gasteiger partial charge is 0.504 e. The standard InChI is InChI=1S/C22H22ClNO5/c1-4-16(25)19-20(13-9-10-17(26)18(11-13)29-5-2)24(22(28)21(19)27)15-8-6-7-14(23)12(15)3/h6-11,20,26-27H,4-5H2,1-3H3. The molecule has 1 atom stereocenters. The second-order valence-electron chi connectivity index (χ2n) is 6.66. The molecule has 0 aliphatic carbocycles. The Hall–Kier alpha value is -2.99. The molecule has 1 heterocycles. The zero-order chi connectivity index (χ0) is 21.3. The minimum atomic E-state index is -0.869. The van der Waals surface area contributed by atoms with Crippen LogP contribution in [0.25, 0.3) is 0 Å². The van der Waals surface area contributed by atoms with Gasteiger partial charge in [-0.3, -0.25) is 14.5 Å². The van der Waals surface area contributed by atoms with Crippen LogP contribution in [0, 0.1) is 6.92 Å². The van der Waals surface area contributed by atoms with Crippen LogP contribution in [0.15, 0.2) is 47.7 Å². The van der Waals surface area contributed by atoms with E-state index in [2.05, 4.69) is 0 Å². The predicted molar refractivity (Wildman–Crippen MR) is 111 cm³/mol. The monoisotopic (exact) mass is 415 g/mol. The number of aliphatic hydroxyl groups is 1. The Bertz CT molecular complexity index is 1010. The van der Waals surface area contributed by atoms with Gasteiger partial charge in [-0.15, -0.1) is 0 Å². The lowest BCUT2D eigenvalue weighted by Crippen LogP contribution is -2.31. The van der Waals surface area contributed by atoms with Crippen molar-refractivity contribution in [3.05, 3.63) is 63.9 Å². The molecule has 0 bridgehead atoms. The summed E-state index contributed by atoms with van der Waals surface area (Å²) in [4.78, 5) is 27.0. The Balaban J connectivity index is 2.24. The van der Waals surface area contributed by atoms with Crippen LogP contribution in [0.1, 0.15) is 37.4 Å². The third-order valence-corrected chi connectivity index (χ3v) is 5.34. The van der Waals surface area contributed by atoms with E-state index in [1.165, 1.54) is 11.0 Å². The van der Waals surface area contributed by atoms with Gasteiger partial charge < -0.3 is 14.9 Å². The van der Waals surface area contributed by atoms with E-state index in [0.717, 1.165) is 0 Å². The topological polar surface area (TPSA) is 87.1 Å². The van der Waals surface area contributed by atoms with Crippen molar-refractivity contribution in [1.29, 1.82) is 0 Å². The van der Waals surface area contributed by atoms with Crippen molar-refractivity contribution in [1.82, 2.24) is 0 Å². The number of carbonyl (C=O) groups excluding carboxylic acids is 2. The predicted octanol–water partition coefficient (Wildman–Crippen LogP) is 4.63. The number of hydrogen-bond donors (Lipinski definition) is 2. The average Bonchev–Trinajstić information content (AvgIpc) is 2.96. The van der Waals surface area contributed by atoms with Gasteiger partial charge in [0, 0.05) is 17.1 Å². The first kappa shape index (κ1) is 20.7. The number of ketones is 1. The van der Waals surface area contributed by atoms with Gasteiger partial charge in [0.15, 0.2) is 23.0 Å². The summed E-state index contributed by atoms with van der Waals surface area (Å²) in [7, 11) is 0. The highest BCUT2D eigenvalue weighted by atomic mass is 35.5. The molecule has 0 fully saturated rings. The molecule has 1 amide bonds. The number of rotatable bonds is 6. The minimum Gasteiger partial charge on any atom is -0.504 e. The minimum absolute atomic E-state index is 0.0185. The van der Waals surface area contributed by atoms with Gasteiger partial charge >= 0.3 is 0 Å². The van der Waals surface area contributed by atoms with Crippen LogP contribution in [-0.2, 0) is 9.59 Å². The van der Waals surface area contributed by atoms with Crippen molar-refractivity contribution in [2.24, 2.45) is 0 Å². The molecule has 3 rings (SSSR count). The van der Waals surface area contributed by atoms with Crippen molar-refractivity contribution in [2.45, 2.75) is 33.2 Å². The molecule has 7 heteroatoms. The van der Waals surface area contributed by atoms with Crippen LogP contribution in [-0.4, -0.2) is 28.5 Å². The zero-order valence-corrected chi connectivity index (χ0v) is 17.2. The van der Waals surface area contributed by atoms with Crippen molar-refractivity contribution < 1.29 is 24.5 Å². The molecule has 0 saturated carbocycles. The van der Waals surface area contributed by atoms with E-state index in [1.54, 1.807) is 51.1 Å². The number of Topliss-reactive ketones (excluding diaryl/α,β-unsaturated/α-hetero) is 1. The van der Waals surface area contributed by atoms with Crippen LogP contribution < -0.4 is 9.64 Å². The number of amides is 1. The first-order valence-corrected chi connectivity index (χ1v) is 9.70. The van der Waals surface area contributed by atoms with Crippen LogP contribution >= 0.6 is 11.6 Å². The van der Waals surface area contributed by atoms with E-state index >= 15 is 0 Å². The maximum Gasteiger partial charge on any atom is 0.294 e. The Morgan fingerprint density at radius 1 is 1.21 bits per heavy atom. The molecule has 0 saturated heterocycles. The molecular formula is C22H22ClNO5. The lowest BCUT2D eigenvalue weighted by atomic mass is 9.94. The summed E-state index contributed by atoms with van der Waals surface area (Å²) >= 11 is 6.25.